The average molecular weight is 471 g/mol. The van der Waals surface area contributed by atoms with Crippen LogP contribution < -0.4 is 15.4 Å². The average Bonchev–Trinajstić information content (AvgIpc) is 2.81. The van der Waals surface area contributed by atoms with Gasteiger partial charge < -0.3 is 24.8 Å². The molecular weight excluding hydrogens is 440 g/mol. The predicted molar refractivity (Wildman–Crippen MR) is 127 cm³/mol. The molecule has 34 heavy (non-hydrogen) atoms. The minimum Gasteiger partial charge on any atom is -0.492 e. The standard InChI is InChI=1S/C25H30N2O7/c1-4-32-21-8-6-5-7-20(21)27-23(29)16-33-24(30)14-13-22(28)26-19-11-9-18(10-12-19)25(31)34-15-17(2)3/h5-12,17H,4,13-16H2,1-3H3,(H,26,28)(H,27,29). The number of amides is 2. The van der Waals surface area contributed by atoms with Crippen LogP contribution >= 0.6 is 0 Å². The smallest absolute Gasteiger partial charge is 0.338 e. The van der Waals surface area contributed by atoms with E-state index in [1.54, 1.807) is 48.5 Å². The molecule has 0 atom stereocenters. The molecule has 0 unspecified atom stereocenters. The molecule has 9 nitrogen and oxygen atoms in total. The number of nitrogens with one attached hydrogen (secondary N) is 2. The van der Waals surface area contributed by atoms with Crippen LogP contribution in [0.4, 0.5) is 11.4 Å². The van der Waals surface area contributed by atoms with Crippen molar-refractivity contribution in [2.45, 2.75) is 33.6 Å². The highest BCUT2D eigenvalue weighted by Gasteiger charge is 2.13. The molecule has 0 spiro atoms. The van der Waals surface area contributed by atoms with Crippen LogP contribution in [0.3, 0.4) is 0 Å². The van der Waals surface area contributed by atoms with E-state index in [1.165, 1.54) is 0 Å². The molecule has 0 aliphatic carbocycles. The van der Waals surface area contributed by atoms with Crippen molar-refractivity contribution in [2.24, 2.45) is 5.92 Å². The first kappa shape index (κ1) is 26.4. The van der Waals surface area contributed by atoms with Gasteiger partial charge in [-0.2, -0.15) is 0 Å². The third-order valence-corrected chi connectivity index (χ3v) is 4.33. The number of benzene rings is 2. The van der Waals surface area contributed by atoms with E-state index < -0.39 is 30.4 Å². The van der Waals surface area contributed by atoms with Crippen molar-refractivity contribution in [2.75, 3.05) is 30.5 Å². The lowest BCUT2D eigenvalue weighted by atomic mass is 10.2. The lowest BCUT2D eigenvalue weighted by Crippen LogP contribution is -2.22. The van der Waals surface area contributed by atoms with Crippen LogP contribution in [0.15, 0.2) is 48.5 Å². The summed E-state index contributed by atoms with van der Waals surface area (Å²) in [7, 11) is 0. The second kappa shape index (κ2) is 13.6. The zero-order chi connectivity index (χ0) is 24.9. The van der Waals surface area contributed by atoms with E-state index in [9.17, 15) is 19.2 Å². The van der Waals surface area contributed by atoms with E-state index in [-0.39, 0.29) is 18.8 Å². The van der Waals surface area contributed by atoms with E-state index in [0.717, 1.165) is 0 Å². The summed E-state index contributed by atoms with van der Waals surface area (Å²) in [4.78, 5) is 48.0. The maximum atomic E-state index is 12.1. The van der Waals surface area contributed by atoms with Crippen LogP contribution in [-0.2, 0) is 23.9 Å². The second-order valence-corrected chi connectivity index (χ2v) is 7.76. The summed E-state index contributed by atoms with van der Waals surface area (Å²) in [5.41, 5.74) is 1.33. The molecule has 2 amide bonds. The van der Waals surface area contributed by atoms with Crippen LogP contribution in [0.1, 0.15) is 44.0 Å². The molecule has 0 aliphatic rings. The number of rotatable bonds is 12. The molecule has 2 N–H and O–H groups in total. The first-order valence-corrected chi connectivity index (χ1v) is 11.0. The number of anilines is 2. The van der Waals surface area contributed by atoms with E-state index in [1.807, 2.05) is 20.8 Å². The molecule has 0 heterocycles. The second-order valence-electron chi connectivity index (χ2n) is 7.76. The topological polar surface area (TPSA) is 120 Å². The molecule has 9 heteroatoms. The quantitative estimate of drug-likeness (QED) is 0.453. The van der Waals surface area contributed by atoms with Crippen LogP contribution in [0.5, 0.6) is 5.75 Å². The molecule has 0 radical (unpaired) electrons. The maximum Gasteiger partial charge on any atom is 0.338 e. The Labute approximate surface area is 198 Å². The Morgan fingerprint density at radius 1 is 0.853 bits per heavy atom. The summed E-state index contributed by atoms with van der Waals surface area (Å²) in [5.74, 6) is -1.27. The Hall–Kier alpha value is -3.88. The largest absolute Gasteiger partial charge is 0.492 e. The van der Waals surface area contributed by atoms with Crippen LogP contribution in [0.2, 0.25) is 0 Å². The van der Waals surface area contributed by atoms with Gasteiger partial charge in [-0.15, -0.1) is 0 Å². The molecule has 182 valence electrons. The third-order valence-electron chi connectivity index (χ3n) is 4.33. The highest BCUT2D eigenvalue weighted by Crippen LogP contribution is 2.23. The summed E-state index contributed by atoms with van der Waals surface area (Å²) in [5, 5.41) is 5.26. The summed E-state index contributed by atoms with van der Waals surface area (Å²) >= 11 is 0. The van der Waals surface area contributed by atoms with E-state index >= 15 is 0 Å². The Morgan fingerprint density at radius 3 is 2.24 bits per heavy atom. The summed E-state index contributed by atoms with van der Waals surface area (Å²) in [6, 6.07) is 13.2. The van der Waals surface area contributed by atoms with Gasteiger partial charge in [0.1, 0.15) is 5.75 Å². The van der Waals surface area contributed by atoms with Gasteiger partial charge >= 0.3 is 11.9 Å². The summed E-state index contributed by atoms with van der Waals surface area (Å²) in [6.07, 6.45) is -0.305. The molecule has 2 aromatic rings. The molecule has 0 saturated heterocycles. The van der Waals surface area contributed by atoms with Gasteiger partial charge in [-0.1, -0.05) is 26.0 Å². The number of hydrogen-bond donors (Lipinski definition) is 2. The van der Waals surface area contributed by atoms with Crippen LogP contribution in [-0.4, -0.2) is 43.6 Å². The molecule has 0 fully saturated rings. The minimum absolute atomic E-state index is 0.119. The number of esters is 2. The molecule has 2 rings (SSSR count). The predicted octanol–water partition coefficient (Wildman–Crippen LogP) is 3.80. The highest BCUT2D eigenvalue weighted by molar-refractivity contribution is 5.95. The molecule has 2 aromatic carbocycles. The van der Waals surface area contributed by atoms with E-state index in [0.29, 0.717) is 35.9 Å². The normalized spacial score (nSPS) is 10.4. The van der Waals surface area contributed by atoms with Crippen molar-refractivity contribution >= 4 is 35.1 Å². The van der Waals surface area contributed by atoms with E-state index in [2.05, 4.69) is 10.6 Å². The first-order chi connectivity index (χ1) is 16.3. The van der Waals surface area contributed by atoms with Crippen molar-refractivity contribution in [1.82, 2.24) is 0 Å². The maximum absolute atomic E-state index is 12.1. The van der Waals surface area contributed by atoms with Crippen molar-refractivity contribution < 1.29 is 33.4 Å². The van der Waals surface area contributed by atoms with Gasteiger partial charge in [-0.25, -0.2) is 4.79 Å². The minimum atomic E-state index is -0.674. The number of hydrogen-bond acceptors (Lipinski definition) is 7. The number of ether oxygens (including phenoxy) is 3. The fourth-order valence-electron chi connectivity index (χ4n) is 2.71. The molecule has 0 aliphatic heterocycles. The van der Waals surface area contributed by atoms with Gasteiger partial charge in [0.05, 0.1) is 30.9 Å². The van der Waals surface area contributed by atoms with Gasteiger partial charge in [0.2, 0.25) is 5.91 Å². The van der Waals surface area contributed by atoms with E-state index in [4.69, 9.17) is 14.2 Å². The van der Waals surface area contributed by atoms with Gasteiger partial charge in [0, 0.05) is 12.1 Å². The van der Waals surface area contributed by atoms with Crippen molar-refractivity contribution in [3.05, 3.63) is 54.1 Å². The molecular formula is C25H30N2O7. The summed E-state index contributed by atoms with van der Waals surface area (Å²) in [6.45, 7) is 6.01. The lowest BCUT2D eigenvalue weighted by Gasteiger charge is -2.11. The Bertz CT molecular complexity index is 987. The molecule has 0 bridgehead atoms. The first-order valence-electron chi connectivity index (χ1n) is 11.0. The zero-order valence-electron chi connectivity index (χ0n) is 19.6. The Morgan fingerprint density at radius 2 is 1.56 bits per heavy atom. The molecule has 0 aromatic heterocycles. The zero-order valence-corrected chi connectivity index (χ0v) is 19.6. The van der Waals surface area contributed by atoms with Crippen molar-refractivity contribution in [1.29, 1.82) is 0 Å². The third kappa shape index (κ3) is 9.32. The fourth-order valence-corrected chi connectivity index (χ4v) is 2.71. The Balaban J connectivity index is 1.71. The number of para-hydroxylation sites is 2. The molecule has 0 saturated carbocycles. The summed E-state index contributed by atoms with van der Waals surface area (Å²) < 4.78 is 15.5. The van der Waals surface area contributed by atoms with Crippen LogP contribution in [0.25, 0.3) is 0 Å². The van der Waals surface area contributed by atoms with Gasteiger partial charge in [0.15, 0.2) is 6.61 Å². The van der Waals surface area contributed by atoms with Gasteiger partial charge in [-0.3, -0.25) is 14.4 Å². The SMILES string of the molecule is CCOc1ccccc1NC(=O)COC(=O)CCC(=O)Nc1ccc(C(=O)OCC(C)C)cc1. The monoisotopic (exact) mass is 470 g/mol. The Kier molecular flexibility index (Phi) is 10.6. The van der Waals surface area contributed by atoms with Crippen molar-refractivity contribution in [3.8, 4) is 5.75 Å². The highest BCUT2D eigenvalue weighted by atomic mass is 16.5. The number of carbonyl (C=O) groups is 4. The number of carbonyl (C=O) groups excluding carboxylic acids is 4. The van der Waals surface area contributed by atoms with Gasteiger partial charge in [-0.05, 0) is 49.2 Å². The van der Waals surface area contributed by atoms with Crippen LogP contribution in [0, 0.1) is 5.92 Å². The lowest BCUT2D eigenvalue weighted by molar-refractivity contribution is -0.147. The van der Waals surface area contributed by atoms with Gasteiger partial charge in [0.25, 0.3) is 5.91 Å². The fraction of sp³-hybridized carbons (Fsp3) is 0.360. The van der Waals surface area contributed by atoms with Crippen molar-refractivity contribution in [3.63, 3.8) is 0 Å².